The van der Waals surface area contributed by atoms with Crippen LogP contribution >= 0.6 is 0 Å². The summed E-state index contributed by atoms with van der Waals surface area (Å²) in [4.78, 5) is 2.28. The van der Waals surface area contributed by atoms with Gasteiger partial charge < -0.3 is 9.47 Å². The van der Waals surface area contributed by atoms with Crippen molar-refractivity contribution in [1.82, 2.24) is 14.7 Å². The van der Waals surface area contributed by atoms with Crippen molar-refractivity contribution in [3.8, 4) is 22.6 Å². The van der Waals surface area contributed by atoms with Gasteiger partial charge in [0.1, 0.15) is 18.1 Å². The molecule has 0 spiro atoms. The normalized spacial score (nSPS) is 14.7. The van der Waals surface area contributed by atoms with E-state index in [1.54, 1.807) is 12.1 Å². The van der Waals surface area contributed by atoms with Gasteiger partial charge in [-0.25, -0.2) is 0 Å². The molecule has 8 heteroatoms. The number of hydrogen-bond acceptors (Lipinski definition) is 4. The maximum Gasteiger partial charge on any atom is 0.573 e. The van der Waals surface area contributed by atoms with Crippen LogP contribution in [0.1, 0.15) is 18.2 Å². The van der Waals surface area contributed by atoms with Crippen LogP contribution in [-0.2, 0) is 19.6 Å². The molecule has 1 aromatic heterocycles. The van der Waals surface area contributed by atoms with Crippen molar-refractivity contribution in [3.63, 3.8) is 0 Å². The first-order valence-corrected chi connectivity index (χ1v) is 9.76. The lowest BCUT2D eigenvalue weighted by Crippen LogP contribution is -2.25. The zero-order chi connectivity index (χ0) is 21.1. The zero-order valence-corrected chi connectivity index (χ0v) is 16.5. The van der Waals surface area contributed by atoms with E-state index in [0.717, 1.165) is 47.8 Å². The molecule has 158 valence electrons. The van der Waals surface area contributed by atoms with Gasteiger partial charge in [-0.15, -0.1) is 13.2 Å². The molecule has 0 saturated heterocycles. The number of ether oxygens (including phenoxy) is 2. The van der Waals surface area contributed by atoms with Gasteiger partial charge in [0.15, 0.2) is 0 Å². The smallest absolute Gasteiger partial charge is 0.492 e. The Morgan fingerprint density at radius 2 is 1.83 bits per heavy atom. The molecule has 30 heavy (non-hydrogen) atoms. The first kappa shape index (κ1) is 20.3. The Morgan fingerprint density at radius 1 is 1.07 bits per heavy atom. The number of nitrogens with zero attached hydrogens (tertiary/aromatic N) is 3. The number of halogens is 3. The highest BCUT2D eigenvalue weighted by Crippen LogP contribution is 2.31. The van der Waals surface area contributed by atoms with E-state index in [2.05, 4.69) is 21.7 Å². The summed E-state index contributed by atoms with van der Waals surface area (Å²) in [6.07, 6.45) is -2.72. The fourth-order valence-corrected chi connectivity index (χ4v) is 3.51. The molecule has 5 nitrogen and oxygen atoms in total. The van der Waals surface area contributed by atoms with Gasteiger partial charge in [-0.2, -0.15) is 5.10 Å². The molecule has 3 aromatic rings. The summed E-state index contributed by atoms with van der Waals surface area (Å²) in [5, 5.41) is 4.55. The second-order valence-electron chi connectivity index (χ2n) is 7.12. The van der Waals surface area contributed by atoms with E-state index < -0.39 is 6.36 Å². The molecular formula is C22H22F3N3O2. The maximum absolute atomic E-state index is 12.4. The number of benzene rings is 2. The Hall–Kier alpha value is -3.00. The number of hydrogen-bond donors (Lipinski definition) is 0. The highest BCUT2D eigenvalue weighted by Gasteiger charge is 2.31. The monoisotopic (exact) mass is 417 g/mol. The van der Waals surface area contributed by atoms with Crippen LogP contribution < -0.4 is 9.47 Å². The summed E-state index contributed by atoms with van der Waals surface area (Å²) in [7, 11) is 0. The molecule has 0 fully saturated rings. The lowest BCUT2D eigenvalue weighted by Gasteiger charge is -2.18. The predicted molar refractivity (Wildman–Crippen MR) is 106 cm³/mol. The largest absolute Gasteiger partial charge is 0.573 e. The summed E-state index contributed by atoms with van der Waals surface area (Å²) >= 11 is 0. The van der Waals surface area contributed by atoms with Gasteiger partial charge in [0.25, 0.3) is 0 Å². The number of aromatic nitrogens is 2. The van der Waals surface area contributed by atoms with Crippen molar-refractivity contribution in [2.75, 3.05) is 13.2 Å². The van der Waals surface area contributed by atoms with E-state index in [4.69, 9.17) is 4.74 Å². The predicted octanol–water partition coefficient (Wildman–Crippen LogP) is 4.86. The van der Waals surface area contributed by atoms with Gasteiger partial charge in [-0.1, -0.05) is 18.2 Å². The summed E-state index contributed by atoms with van der Waals surface area (Å²) in [5.74, 6) is 0.597. The molecule has 0 saturated carbocycles. The second kappa shape index (κ2) is 8.39. The maximum atomic E-state index is 12.4. The minimum absolute atomic E-state index is 0.234. The van der Waals surface area contributed by atoms with Crippen LogP contribution in [0.2, 0.25) is 0 Å². The average molecular weight is 417 g/mol. The fourth-order valence-electron chi connectivity index (χ4n) is 3.51. The molecular weight excluding hydrogens is 395 g/mol. The van der Waals surface area contributed by atoms with Crippen LogP contribution in [-0.4, -0.2) is 34.2 Å². The highest BCUT2D eigenvalue weighted by atomic mass is 19.4. The standard InChI is InChI=1S/C22H22F3N3O2/c1-2-28-10-9-19(26-28)15-27-11-12-29-21-8-5-17(13-18(21)14-27)16-3-6-20(7-4-16)30-22(23,24)25/h3-10,13H,2,11-12,14-15H2,1H3. The summed E-state index contributed by atoms with van der Waals surface area (Å²) < 4.78 is 48.8. The minimum Gasteiger partial charge on any atom is -0.492 e. The Labute approximate surface area is 172 Å². The van der Waals surface area contributed by atoms with Crippen LogP contribution in [0.15, 0.2) is 54.7 Å². The van der Waals surface area contributed by atoms with Crippen LogP contribution in [0.25, 0.3) is 11.1 Å². The molecule has 2 heterocycles. The molecule has 0 aliphatic carbocycles. The molecule has 4 rings (SSSR count). The molecule has 0 radical (unpaired) electrons. The third-order valence-electron chi connectivity index (χ3n) is 4.95. The van der Waals surface area contributed by atoms with Crippen LogP contribution in [0.3, 0.4) is 0 Å². The Bertz CT molecular complexity index is 1000. The fraction of sp³-hybridized carbons (Fsp3) is 0.318. The van der Waals surface area contributed by atoms with E-state index in [9.17, 15) is 13.2 Å². The topological polar surface area (TPSA) is 39.5 Å². The van der Waals surface area contributed by atoms with Crippen LogP contribution in [0.5, 0.6) is 11.5 Å². The number of fused-ring (bicyclic) bond motifs is 1. The van der Waals surface area contributed by atoms with Gasteiger partial charge in [0, 0.05) is 37.9 Å². The van der Waals surface area contributed by atoms with Crippen molar-refractivity contribution in [1.29, 1.82) is 0 Å². The van der Waals surface area contributed by atoms with Gasteiger partial charge >= 0.3 is 6.36 Å². The molecule has 2 aromatic carbocycles. The second-order valence-corrected chi connectivity index (χ2v) is 7.12. The van der Waals surface area contributed by atoms with Crippen molar-refractivity contribution in [3.05, 3.63) is 66.0 Å². The molecule has 1 aliphatic heterocycles. The summed E-state index contributed by atoms with van der Waals surface area (Å²) in [5.41, 5.74) is 3.77. The highest BCUT2D eigenvalue weighted by molar-refractivity contribution is 5.66. The minimum atomic E-state index is -4.70. The van der Waals surface area contributed by atoms with Crippen molar-refractivity contribution >= 4 is 0 Å². The van der Waals surface area contributed by atoms with E-state index in [-0.39, 0.29) is 5.75 Å². The first-order chi connectivity index (χ1) is 14.4. The molecule has 0 unspecified atom stereocenters. The molecule has 0 N–H and O–H groups in total. The Kier molecular flexibility index (Phi) is 5.67. The first-order valence-electron chi connectivity index (χ1n) is 9.76. The zero-order valence-electron chi connectivity index (χ0n) is 16.5. The third kappa shape index (κ3) is 4.94. The van der Waals surface area contributed by atoms with Crippen LogP contribution in [0, 0.1) is 0 Å². The van der Waals surface area contributed by atoms with Crippen molar-refractivity contribution < 1.29 is 22.6 Å². The molecule has 0 atom stereocenters. The Morgan fingerprint density at radius 3 is 2.53 bits per heavy atom. The molecule has 0 bridgehead atoms. The number of aryl methyl sites for hydroxylation is 1. The number of alkyl halides is 3. The van der Waals surface area contributed by atoms with Crippen molar-refractivity contribution in [2.45, 2.75) is 32.9 Å². The quantitative estimate of drug-likeness (QED) is 0.594. The third-order valence-corrected chi connectivity index (χ3v) is 4.95. The van der Waals surface area contributed by atoms with E-state index in [0.29, 0.717) is 13.2 Å². The summed E-state index contributed by atoms with van der Waals surface area (Å²) in [6, 6.07) is 13.8. The van der Waals surface area contributed by atoms with Gasteiger partial charge in [-0.05, 0) is 48.4 Å². The average Bonchev–Trinajstić information content (AvgIpc) is 3.06. The molecule has 1 aliphatic rings. The van der Waals surface area contributed by atoms with Gasteiger partial charge in [0.2, 0.25) is 0 Å². The SMILES string of the molecule is CCn1ccc(CN2CCOc3ccc(-c4ccc(OC(F)(F)F)cc4)cc3C2)n1. The molecule has 0 amide bonds. The summed E-state index contributed by atoms with van der Waals surface area (Å²) in [6.45, 7) is 5.69. The number of rotatable bonds is 5. The van der Waals surface area contributed by atoms with E-state index in [1.807, 2.05) is 35.1 Å². The van der Waals surface area contributed by atoms with Crippen molar-refractivity contribution in [2.24, 2.45) is 0 Å². The van der Waals surface area contributed by atoms with E-state index >= 15 is 0 Å². The lowest BCUT2D eigenvalue weighted by molar-refractivity contribution is -0.274. The van der Waals surface area contributed by atoms with Gasteiger partial charge in [-0.3, -0.25) is 9.58 Å². The lowest BCUT2D eigenvalue weighted by atomic mass is 10.0. The Balaban J connectivity index is 1.51. The van der Waals surface area contributed by atoms with Crippen LogP contribution in [0.4, 0.5) is 13.2 Å². The van der Waals surface area contributed by atoms with Gasteiger partial charge in [0.05, 0.1) is 5.69 Å². The van der Waals surface area contributed by atoms with E-state index in [1.165, 1.54) is 12.1 Å².